The molecule has 1 saturated heterocycles. The SMILES string of the molecule is O=[N+]([O-])c1c(N2CCCC(c3nnc4ccccn34)C2)nc2ccccn12. The van der Waals surface area contributed by atoms with E-state index in [0.29, 0.717) is 18.0 Å². The molecule has 0 aliphatic carbocycles. The summed E-state index contributed by atoms with van der Waals surface area (Å²) in [7, 11) is 0. The number of nitro groups is 1. The zero-order valence-electron chi connectivity index (χ0n) is 14.5. The van der Waals surface area contributed by atoms with Gasteiger partial charge >= 0.3 is 5.82 Å². The molecular formula is C18H17N7O2. The van der Waals surface area contributed by atoms with Crippen molar-refractivity contribution in [1.82, 2.24) is 24.0 Å². The Morgan fingerprint density at radius 3 is 2.63 bits per heavy atom. The monoisotopic (exact) mass is 363 g/mol. The maximum absolute atomic E-state index is 11.7. The molecule has 1 fully saturated rings. The molecule has 27 heavy (non-hydrogen) atoms. The van der Waals surface area contributed by atoms with E-state index in [9.17, 15) is 10.1 Å². The Hall–Kier alpha value is -3.49. The van der Waals surface area contributed by atoms with Gasteiger partial charge in [0.2, 0.25) is 11.5 Å². The lowest BCUT2D eigenvalue weighted by Crippen LogP contribution is -2.35. The number of pyridine rings is 2. The molecule has 0 amide bonds. The van der Waals surface area contributed by atoms with Gasteiger partial charge in [-0.3, -0.25) is 4.40 Å². The molecule has 136 valence electrons. The first-order chi connectivity index (χ1) is 13.2. The van der Waals surface area contributed by atoms with E-state index in [1.165, 1.54) is 4.40 Å². The van der Waals surface area contributed by atoms with Crippen molar-refractivity contribution >= 4 is 22.9 Å². The van der Waals surface area contributed by atoms with Gasteiger partial charge in [0.1, 0.15) is 5.82 Å². The van der Waals surface area contributed by atoms with Crippen LogP contribution in [0.2, 0.25) is 0 Å². The fourth-order valence-corrected chi connectivity index (χ4v) is 3.87. The third-order valence-electron chi connectivity index (χ3n) is 5.09. The Morgan fingerprint density at radius 1 is 1.04 bits per heavy atom. The van der Waals surface area contributed by atoms with Gasteiger partial charge in [-0.25, -0.2) is 0 Å². The molecule has 0 bridgehead atoms. The molecule has 0 aromatic carbocycles. The normalized spacial score (nSPS) is 17.6. The van der Waals surface area contributed by atoms with Crippen molar-refractivity contribution in [2.75, 3.05) is 18.0 Å². The molecule has 1 atom stereocenters. The van der Waals surface area contributed by atoms with Crippen molar-refractivity contribution in [2.45, 2.75) is 18.8 Å². The Bertz CT molecular complexity index is 1150. The minimum Gasteiger partial charge on any atom is -0.358 e. The number of hydrogen-bond donors (Lipinski definition) is 0. The Kier molecular flexibility index (Phi) is 3.52. The smallest absolute Gasteiger partial charge is 0.358 e. The number of rotatable bonds is 3. The van der Waals surface area contributed by atoms with Crippen LogP contribution < -0.4 is 4.90 Å². The zero-order valence-corrected chi connectivity index (χ0v) is 14.5. The molecule has 4 aromatic heterocycles. The maximum Gasteiger partial charge on any atom is 0.372 e. The van der Waals surface area contributed by atoms with E-state index in [1.807, 2.05) is 39.8 Å². The standard InChI is InChI=1S/C18H17N7O2/c26-25(27)18-17(19-14-7-1-4-11-24(14)18)22-9-5-6-13(12-22)16-21-20-15-8-2-3-10-23(15)16/h1-4,7-8,10-11,13H,5-6,9,12H2. The van der Waals surface area contributed by atoms with E-state index in [-0.39, 0.29) is 16.7 Å². The molecule has 1 aliphatic heterocycles. The largest absolute Gasteiger partial charge is 0.372 e. The predicted molar refractivity (Wildman–Crippen MR) is 99.0 cm³/mol. The third kappa shape index (κ3) is 2.50. The Balaban J connectivity index is 1.54. The molecule has 0 N–H and O–H groups in total. The molecule has 5 heterocycles. The van der Waals surface area contributed by atoms with Crippen LogP contribution in [-0.2, 0) is 0 Å². The van der Waals surface area contributed by atoms with Gasteiger partial charge in [-0.15, -0.1) is 10.2 Å². The molecule has 1 aliphatic rings. The second-order valence-corrected chi connectivity index (χ2v) is 6.72. The second-order valence-electron chi connectivity index (χ2n) is 6.72. The van der Waals surface area contributed by atoms with Crippen LogP contribution in [-0.4, -0.2) is 42.0 Å². The highest BCUT2D eigenvalue weighted by atomic mass is 16.6. The van der Waals surface area contributed by atoms with Crippen molar-refractivity contribution in [2.24, 2.45) is 0 Å². The summed E-state index contributed by atoms with van der Waals surface area (Å²) in [5.41, 5.74) is 1.39. The molecule has 0 radical (unpaired) electrons. The fraction of sp³-hybridized carbons (Fsp3) is 0.278. The van der Waals surface area contributed by atoms with Crippen LogP contribution in [0.5, 0.6) is 0 Å². The highest BCUT2D eigenvalue weighted by molar-refractivity contribution is 5.64. The highest BCUT2D eigenvalue weighted by Crippen LogP contribution is 2.34. The van der Waals surface area contributed by atoms with Gasteiger partial charge in [0.05, 0.1) is 6.20 Å². The van der Waals surface area contributed by atoms with Crippen molar-refractivity contribution < 1.29 is 4.92 Å². The van der Waals surface area contributed by atoms with E-state index in [4.69, 9.17) is 0 Å². The van der Waals surface area contributed by atoms with Gasteiger partial charge < -0.3 is 15.0 Å². The quantitative estimate of drug-likeness (QED) is 0.410. The summed E-state index contributed by atoms with van der Waals surface area (Å²) in [6.45, 7) is 1.36. The average Bonchev–Trinajstić information content (AvgIpc) is 3.30. The number of hydrogen-bond acceptors (Lipinski definition) is 6. The molecule has 0 saturated carbocycles. The van der Waals surface area contributed by atoms with Crippen LogP contribution in [0.4, 0.5) is 11.6 Å². The molecular weight excluding hydrogens is 346 g/mol. The second kappa shape index (κ2) is 6.04. The van der Waals surface area contributed by atoms with E-state index < -0.39 is 0 Å². The summed E-state index contributed by atoms with van der Waals surface area (Å²) in [4.78, 5) is 17.9. The Morgan fingerprint density at radius 2 is 1.81 bits per heavy atom. The van der Waals surface area contributed by atoms with Gasteiger partial charge in [0.15, 0.2) is 5.65 Å². The van der Waals surface area contributed by atoms with E-state index in [1.54, 1.807) is 18.3 Å². The number of nitrogens with zero attached hydrogens (tertiary/aromatic N) is 7. The number of piperidine rings is 1. The number of imidazole rings is 1. The third-order valence-corrected chi connectivity index (χ3v) is 5.09. The van der Waals surface area contributed by atoms with Crippen LogP contribution in [0.1, 0.15) is 24.6 Å². The van der Waals surface area contributed by atoms with Crippen LogP contribution in [0.3, 0.4) is 0 Å². The molecule has 9 heteroatoms. The molecule has 9 nitrogen and oxygen atoms in total. The lowest BCUT2D eigenvalue weighted by molar-refractivity contribution is -0.389. The minimum atomic E-state index is -0.356. The van der Waals surface area contributed by atoms with E-state index in [0.717, 1.165) is 30.9 Å². The molecule has 4 aromatic rings. The summed E-state index contributed by atoms with van der Waals surface area (Å²) in [5.74, 6) is 1.46. The van der Waals surface area contributed by atoms with E-state index in [2.05, 4.69) is 15.2 Å². The van der Waals surface area contributed by atoms with Gasteiger partial charge in [-0.1, -0.05) is 12.1 Å². The number of aromatic nitrogens is 5. The van der Waals surface area contributed by atoms with Gasteiger partial charge in [-0.05, 0) is 36.0 Å². The molecule has 0 spiro atoms. The lowest BCUT2D eigenvalue weighted by Gasteiger charge is -2.31. The average molecular weight is 363 g/mol. The predicted octanol–water partition coefficient (Wildman–Crippen LogP) is 2.67. The van der Waals surface area contributed by atoms with E-state index >= 15 is 0 Å². The topological polar surface area (TPSA) is 93.9 Å². The molecule has 1 unspecified atom stereocenters. The van der Waals surface area contributed by atoms with Crippen molar-refractivity contribution in [3.8, 4) is 0 Å². The van der Waals surface area contributed by atoms with Crippen LogP contribution in [0.15, 0.2) is 48.8 Å². The Labute approximate surface area is 154 Å². The lowest BCUT2D eigenvalue weighted by atomic mass is 9.97. The molecule has 5 rings (SSSR count). The first kappa shape index (κ1) is 15.7. The van der Waals surface area contributed by atoms with Crippen molar-refractivity contribution in [3.05, 3.63) is 64.7 Å². The summed E-state index contributed by atoms with van der Waals surface area (Å²) < 4.78 is 3.53. The van der Waals surface area contributed by atoms with Gasteiger partial charge in [-0.2, -0.15) is 9.38 Å². The number of fused-ring (bicyclic) bond motifs is 2. The minimum absolute atomic E-state index is 0.0114. The summed E-state index contributed by atoms with van der Waals surface area (Å²) in [6.07, 6.45) is 5.51. The summed E-state index contributed by atoms with van der Waals surface area (Å²) in [6, 6.07) is 11.2. The van der Waals surface area contributed by atoms with Gasteiger partial charge in [0, 0.05) is 31.3 Å². The summed E-state index contributed by atoms with van der Waals surface area (Å²) >= 11 is 0. The number of anilines is 1. The van der Waals surface area contributed by atoms with Crippen molar-refractivity contribution in [3.63, 3.8) is 0 Å². The fourth-order valence-electron chi connectivity index (χ4n) is 3.87. The van der Waals surface area contributed by atoms with Gasteiger partial charge in [0.25, 0.3) is 0 Å². The summed E-state index contributed by atoms with van der Waals surface area (Å²) in [5, 5.41) is 20.3. The van der Waals surface area contributed by atoms with Crippen LogP contribution in [0, 0.1) is 10.1 Å². The van der Waals surface area contributed by atoms with Crippen LogP contribution in [0.25, 0.3) is 11.3 Å². The van der Waals surface area contributed by atoms with Crippen LogP contribution >= 0.6 is 0 Å². The zero-order chi connectivity index (χ0) is 18.4. The maximum atomic E-state index is 11.7. The highest BCUT2D eigenvalue weighted by Gasteiger charge is 2.32. The first-order valence-electron chi connectivity index (χ1n) is 8.88. The van der Waals surface area contributed by atoms with Crippen molar-refractivity contribution in [1.29, 1.82) is 0 Å². The first-order valence-corrected chi connectivity index (χ1v) is 8.88.